The van der Waals surface area contributed by atoms with Gasteiger partial charge in [-0.15, -0.1) is 0 Å². The summed E-state index contributed by atoms with van der Waals surface area (Å²) in [7, 11) is 0. The Labute approximate surface area is 165 Å². The molecule has 2 aromatic carbocycles. The molecular formula is C23H23N5. The molecule has 140 valence electrons. The van der Waals surface area contributed by atoms with Crippen molar-refractivity contribution in [2.45, 2.75) is 19.8 Å². The van der Waals surface area contributed by atoms with Gasteiger partial charge in [-0.3, -0.25) is 0 Å². The summed E-state index contributed by atoms with van der Waals surface area (Å²) in [4.78, 5) is 11.9. The van der Waals surface area contributed by atoms with Crippen molar-refractivity contribution >= 4 is 17.3 Å². The van der Waals surface area contributed by atoms with E-state index < -0.39 is 0 Å². The second-order valence-corrected chi connectivity index (χ2v) is 7.28. The Morgan fingerprint density at radius 2 is 1.71 bits per heavy atom. The van der Waals surface area contributed by atoms with Crippen LogP contribution in [0.2, 0.25) is 0 Å². The number of nitrogens with one attached hydrogen (secondary N) is 1. The number of nitrogens with zero attached hydrogens (tertiary/aromatic N) is 4. The summed E-state index contributed by atoms with van der Waals surface area (Å²) in [6, 6.07) is 21.6. The average Bonchev–Trinajstić information content (AvgIpc) is 2.75. The Kier molecular flexibility index (Phi) is 5.20. The summed E-state index contributed by atoms with van der Waals surface area (Å²) < 4.78 is 0. The van der Waals surface area contributed by atoms with Gasteiger partial charge in [0, 0.05) is 30.4 Å². The molecule has 4 rings (SSSR count). The van der Waals surface area contributed by atoms with Crippen LogP contribution in [0.3, 0.4) is 0 Å². The molecule has 1 saturated heterocycles. The van der Waals surface area contributed by atoms with E-state index in [1.54, 1.807) is 12.1 Å². The van der Waals surface area contributed by atoms with Gasteiger partial charge < -0.3 is 10.2 Å². The fourth-order valence-corrected chi connectivity index (χ4v) is 3.39. The molecule has 0 bridgehead atoms. The maximum Gasteiger partial charge on any atom is 0.163 e. The fraction of sp³-hybridized carbons (Fsp3) is 0.261. The Morgan fingerprint density at radius 1 is 1.00 bits per heavy atom. The number of nitriles is 1. The van der Waals surface area contributed by atoms with Crippen molar-refractivity contribution in [2.24, 2.45) is 5.92 Å². The van der Waals surface area contributed by atoms with Crippen LogP contribution >= 0.6 is 0 Å². The maximum atomic E-state index is 8.98. The summed E-state index contributed by atoms with van der Waals surface area (Å²) in [6.45, 7) is 4.34. The number of anilines is 3. The molecule has 0 unspecified atom stereocenters. The number of aromatic nitrogens is 2. The zero-order valence-electron chi connectivity index (χ0n) is 16.0. The normalized spacial score (nSPS) is 14.5. The van der Waals surface area contributed by atoms with Gasteiger partial charge >= 0.3 is 0 Å². The van der Waals surface area contributed by atoms with Gasteiger partial charge in [0.05, 0.1) is 11.6 Å². The monoisotopic (exact) mass is 369 g/mol. The molecule has 1 aromatic heterocycles. The minimum atomic E-state index is 0.640. The minimum absolute atomic E-state index is 0.640. The van der Waals surface area contributed by atoms with Crippen molar-refractivity contribution in [1.29, 1.82) is 5.26 Å². The Hall–Kier alpha value is -3.39. The van der Waals surface area contributed by atoms with E-state index in [-0.39, 0.29) is 0 Å². The van der Waals surface area contributed by atoms with Gasteiger partial charge in [-0.25, -0.2) is 9.97 Å². The standard InChI is InChI=1S/C23H23N5/c1-17-11-13-28(14-12-17)22-15-21(25-20-9-7-18(16-24)8-10-20)26-23(27-22)19-5-3-2-4-6-19/h2-10,15,17H,11-14H2,1H3,(H,25,26,27). The SMILES string of the molecule is CC1CCN(c2cc(Nc3ccc(C#N)cc3)nc(-c3ccccc3)n2)CC1. The van der Waals surface area contributed by atoms with E-state index in [0.717, 1.165) is 41.9 Å². The van der Waals surface area contributed by atoms with Gasteiger partial charge in [-0.2, -0.15) is 5.26 Å². The highest BCUT2D eigenvalue weighted by molar-refractivity contribution is 5.66. The smallest absolute Gasteiger partial charge is 0.163 e. The van der Waals surface area contributed by atoms with Gasteiger partial charge in [0.2, 0.25) is 0 Å². The van der Waals surface area contributed by atoms with Gasteiger partial charge in [0.15, 0.2) is 5.82 Å². The lowest BCUT2D eigenvalue weighted by Gasteiger charge is -2.31. The zero-order chi connectivity index (χ0) is 19.3. The van der Waals surface area contributed by atoms with Gasteiger partial charge in [-0.1, -0.05) is 37.3 Å². The van der Waals surface area contributed by atoms with Gasteiger partial charge in [0.1, 0.15) is 11.6 Å². The van der Waals surface area contributed by atoms with E-state index in [9.17, 15) is 0 Å². The summed E-state index contributed by atoms with van der Waals surface area (Å²) in [6.07, 6.45) is 2.37. The second kappa shape index (κ2) is 8.10. The molecule has 1 fully saturated rings. The number of benzene rings is 2. The molecule has 5 nitrogen and oxygen atoms in total. The maximum absolute atomic E-state index is 8.98. The van der Waals surface area contributed by atoms with Crippen LogP contribution < -0.4 is 10.2 Å². The molecule has 0 saturated carbocycles. The third kappa shape index (κ3) is 4.12. The van der Waals surface area contributed by atoms with Crippen molar-refractivity contribution in [1.82, 2.24) is 9.97 Å². The molecule has 28 heavy (non-hydrogen) atoms. The summed E-state index contributed by atoms with van der Waals surface area (Å²) >= 11 is 0. The van der Waals surface area contributed by atoms with Crippen molar-refractivity contribution in [3.8, 4) is 17.5 Å². The van der Waals surface area contributed by atoms with Gasteiger partial charge in [-0.05, 0) is 43.0 Å². The highest BCUT2D eigenvalue weighted by Gasteiger charge is 2.19. The second-order valence-electron chi connectivity index (χ2n) is 7.28. The molecule has 1 aliphatic rings. The van der Waals surface area contributed by atoms with Crippen molar-refractivity contribution in [3.05, 3.63) is 66.2 Å². The van der Waals surface area contributed by atoms with Crippen LogP contribution in [0, 0.1) is 17.2 Å². The van der Waals surface area contributed by atoms with E-state index in [1.807, 2.05) is 48.5 Å². The number of rotatable bonds is 4. The minimum Gasteiger partial charge on any atom is -0.356 e. The third-order valence-electron chi connectivity index (χ3n) is 5.14. The topological polar surface area (TPSA) is 64.8 Å². The van der Waals surface area contributed by atoms with Crippen LogP contribution in [-0.4, -0.2) is 23.1 Å². The third-order valence-corrected chi connectivity index (χ3v) is 5.14. The van der Waals surface area contributed by atoms with Gasteiger partial charge in [0.25, 0.3) is 0 Å². The largest absolute Gasteiger partial charge is 0.356 e. The molecule has 0 aliphatic carbocycles. The number of hydrogen-bond donors (Lipinski definition) is 1. The molecule has 1 N–H and O–H groups in total. The first kappa shape index (κ1) is 18.0. The first-order chi connectivity index (χ1) is 13.7. The molecule has 1 aliphatic heterocycles. The number of piperidine rings is 1. The molecule has 2 heterocycles. The van der Waals surface area contributed by atoms with Crippen LogP contribution in [0.15, 0.2) is 60.7 Å². The van der Waals surface area contributed by atoms with Crippen LogP contribution in [0.5, 0.6) is 0 Å². The Bertz CT molecular complexity index is 968. The van der Waals surface area contributed by atoms with E-state index in [2.05, 4.69) is 23.2 Å². The fourth-order valence-electron chi connectivity index (χ4n) is 3.39. The van der Waals surface area contributed by atoms with E-state index in [1.165, 1.54) is 12.8 Å². The molecule has 0 spiro atoms. The van der Waals surface area contributed by atoms with E-state index >= 15 is 0 Å². The van der Waals surface area contributed by atoms with Crippen LogP contribution in [0.1, 0.15) is 25.3 Å². The Morgan fingerprint density at radius 3 is 2.39 bits per heavy atom. The van der Waals surface area contributed by atoms with Crippen molar-refractivity contribution in [3.63, 3.8) is 0 Å². The van der Waals surface area contributed by atoms with E-state index in [4.69, 9.17) is 15.2 Å². The molecule has 0 radical (unpaired) electrons. The zero-order valence-corrected chi connectivity index (χ0v) is 16.0. The van der Waals surface area contributed by atoms with Crippen molar-refractivity contribution < 1.29 is 0 Å². The quantitative estimate of drug-likeness (QED) is 0.701. The predicted molar refractivity (Wildman–Crippen MR) is 113 cm³/mol. The molecule has 3 aromatic rings. The van der Waals surface area contributed by atoms with Crippen molar-refractivity contribution in [2.75, 3.05) is 23.3 Å². The molecular weight excluding hydrogens is 346 g/mol. The lowest BCUT2D eigenvalue weighted by Crippen LogP contribution is -2.33. The average molecular weight is 369 g/mol. The lowest BCUT2D eigenvalue weighted by atomic mass is 9.99. The van der Waals surface area contributed by atoms with Crippen LogP contribution in [-0.2, 0) is 0 Å². The highest BCUT2D eigenvalue weighted by atomic mass is 15.2. The van der Waals surface area contributed by atoms with Crippen LogP contribution in [0.4, 0.5) is 17.3 Å². The lowest BCUT2D eigenvalue weighted by molar-refractivity contribution is 0.436. The van der Waals surface area contributed by atoms with E-state index in [0.29, 0.717) is 11.4 Å². The summed E-state index contributed by atoms with van der Waals surface area (Å²) in [5.41, 5.74) is 2.54. The first-order valence-corrected chi connectivity index (χ1v) is 9.68. The molecule has 0 amide bonds. The summed E-state index contributed by atoms with van der Waals surface area (Å²) in [5, 5.41) is 12.3. The highest BCUT2D eigenvalue weighted by Crippen LogP contribution is 2.27. The molecule has 5 heteroatoms. The Balaban J connectivity index is 1.68. The predicted octanol–water partition coefficient (Wildman–Crippen LogP) is 5.00. The molecule has 0 atom stereocenters. The summed E-state index contributed by atoms with van der Waals surface area (Å²) in [5.74, 6) is 3.19. The first-order valence-electron chi connectivity index (χ1n) is 9.68. The number of hydrogen-bond acceptors (Lipinski definition) is 5. The van der Waals surface area contributed by atoms with Crippen LogP contribution in [0.25, 0.3) is 11.4 Å².